The number of hydrogen-bond acceptors (Lipinski definition) is 6. The molecule has 3 aromatic heterocycles. The molecule has 5 heterocycles. The Morgan fingerprint density at radius 3 is 2.60 bits per heavy atom. The Morgan fingerprint density at radius 1 is 1.14 bits per heavy atom. The van der Waals surface area contributed by atoms with Gasteiger partial charge in [0.25, 0.3) is 0 Å². The molecular formula is C27H37N5O3. The highest BCUT2D eigenvalue weighted by atomic mass is 16.5. The lowest BCUT2D eigenvalue weighted by molar-refractivity contribution is 0.0378. The largest absolute Gasteiger partial charge is 0.459 e. The summed E-state index contributed by atoms with van der Waals surface area (Å²) in [5.41, 5.74) is 6.16. The van der Waals surface area contributed by atoms with Crippen LogP contribution in [0.15, 0.2) is 30.5 Å². The molecule has 0 aliphatic carbocycles. The van der Waals surface area contributed by atoms with Gasteiger partial charge in [0.15, 0.2) is 0 Å². The molecule has 2 saturated heterocycles. The summed E-state index contributed by atoms with van der Waals surface area (Å²) in [5, 5.41) is 8.60. The van der Waals surface area contributed by atoms with Crippen LogP contribution in [-0.4, -0.2) is 70.5 Å². The van der Waals surface area contributed by atoms with Crippen LogP contribution in [0.3, 0.4) is 0 Å². The van der Waals surface area contributed by atoms with Crippen molar-refractivity contribution < 1.29 is 14.3 Å². The SMILES string of the molecule is Cc1nn(C2CCOCC2)c(C(C)N2CCNCC2)c1-c1ccc2cc(C(=O)OC(C)C)ccn12. The minimum atomic E-state index is -0.290. The highest BCUT2D eigenvalue weighted by Gasteiger charge is 2.31. The van der Waals surface area contributed by atoms with Gasteiger partial charge >= 0.3 is 5.97 Å². The normalized spacial score (nSPS) is 18.9. The number of hydrogen-bond donors (Lipinski definition) is 1. The standard InChI is InChI=1S/C27H37N5O3/c1-18(2)35-27(33)21-7-12-31-23(17-21)5-6-24(31)25-19(3)29-32(22-8-15-34-16-9-22)26(25)20(4)30-13-10-28-11-14-30/h5-7,12,17-18,20,22,28H,8-11,13-16H2,1-4H3. The fourth-order valence-electron chi connectivity index (χ4n) is 5.46. The van der Waals surface area contributed by atoms with Gasteiger partial charge < -0.3 is 19.2 Å². The van der Waals surface area contributed by atoms with Crippen molar-refractivity contribution >= 4 is 11.5 Å². The summed E-state index contributed by atoms with van der Waals surface area (Å²) >= 11 is 0. The van der Waals surface area contributed by atoms with Gasteiger partial charge in [-0.05, 0) is 64.8 Å². The highest BCUT2D eigenvalue weighted by molar-refractivity contribution is 5.91. The summed E-state index contributed by atoms with van der Waals surface area (Å²) in [7, 11) is 0. The number of fused-ring (bicyclic) bond motifs is 1. The van der Waals surface area contributed by atoms with E-state index in [-0.39, 0.29) is 18.1 Å². The van der Waals surface area contributed by atoms with Crippen LogP contribution < -0.4 is 5.32 Å². The number of esters is 1. The van der Waals surface area contributed by atoms with Gasteiger partial charge in [0.05, 0.1) is 34.8 Å². The number of rotatable bonds is 6. The lowest BCUT2D eigenvalue weighted by atomic mass is 10.0. The Morgan fingerprint density at radius 2 is 1.89 bits per heavy atom. The maximum Gasteiger partial charge on any atom is 0.338 e. The lowest BCUT2D eigenvalue weighted by Gasteiger charge is -2.35. The first-order valence-electron chi connectivity index (χ1n) is 12.9. The van der Waals surface area contributed by atoms with Gasteiger partial charge in [-0.2, -0.15) is 5.10 Å². The first kappa shape index (κ1) is 24.0. The van der Waals surface area contributed by atoms with Crippen LogP contribution >= 0.6 is 0 Å². The van der Waals surface area contributed by atoms with Crippen molar-refractivity contribution in [1.29, 1.82) is 0 Å². The molecule has 0 aromatic carbocycles. The van der Waals surface area contributed by atoms with Crippen LogP contribution in [0, 0.1) is 6.92 Å². The molecule has 2 fully saturated rings. The molecule has 1 unspecified atom stereocenters. The third-order valence-corrected chi connectivity index (χ3v) is 7.25. The van der Waals surface area contributed by atoms with Gasteiger partial charge in [-0.1, -0.05) is 0 Å². The van der Waals surface area contributed by atoms with Gasteiger partial charge in [-0.3, -0.25) is 9.58 Å². The Balaban J connectivity index is 1.59. The minimum Gasteiger partial charge on any atom is -0.459 e. The fourth-order valence-corrected chi connectivity index (χ4v) is 5.46. The number of piperazine rings is 1. The molecule has 8 heteroatoms. The van der Waals surface area contributed by atoms with Crippen molar-refractivity contribution in [2.24, 2.45) is 0 Å². The average molecular weight is 480 g/mol. The molecule has 0 saturated carbocycles. The summed E-state index contributed by atoms with van der Waals surface area (Å²) in [6.07, 6.45) is 3.80. The van der Waals surface area contributed by atoms with Crippen LogP contribution in [0.5, 0.6) is 0 Å². The third kappa shape index (κ3) is 4.75. The van der Waals surface area contributed by atoms with Crippen molar-refractivity contribution in [2.45, 2.75) is 58.7 Å². The van der Waals surface area contributed by atoms with E-state index in [2.05, 4.69) is 45.3 Å². The summed E-state index contributed by atoms with van der Waals surface area (Å²) in [6, 6.07) is 8.57. The van der Waals surface area contributed by atoms with E-state index in [9.17, 15) is 4.79 Å². The number of carbonyl (C=O) groups excluding carboxylic acids is 1. The molecule has 2 aliphatic heterocycles. The van der Waals surface area contributed by atoms with Crippen LogP contribution in [0.1, 0.15) is 67.4 Å². The molecule has 0 amide bonds. The monoisotopic (exact) mass is 479 g/mol. The topological polar surface area (TPSA) is 73.0 Å². The predicted molar refractivity (Wildman–Crippen MR) is 136 cm³/mol. The van der Waals surface area contributed by atoms with E-state index in [0.717, 1.165) is 69.1 Å². The summed E-state index contributed by atoms with van der Waals surface area (Å²) in [6.45, 7) is 13.8. The highest BCUT2D eigenvalue weighted by Crippen LogP contribution is 2.38. The number of pyridine rings is 1. The number of nitrogens with zero attached hydrogens (tertiary/aromatic N) is 4. The fraction of sp³-hybridized carbons (Fsp3) is 0.556. The molecule has 8 nitrogen and oxygen atoms in total. The Kier molecular flexibility index (Phi) is 6.95. The van der Waals surface area contributed by atoms with E-state index in [0.29, 0.717) is 11.6 Å². The maximum absolute atomic E-state index is 12.5. The first-order chi connectivity index (χ1) is 16.9. The minimum absolute atomic E-state index is 0.145. The van der Waals surface area contributed by atoms with Crippen LogP contribution in [0.4, 0.5) is 0 Å². The first-order valence-corrected chi connectivity index (χ1v) is 12.9. The second kappa shape index (κ2) is 10.1. The van der Waals surface area contributed by atoms with E-state index < -0.39 is 0 Å². The number of nitrogens with one attached hydrogen (secondary N) is 1. The number of aromatic nitrogens is 3. The van der Waals surface area contributed by atoms with E-state index in [1.165, 1.54) is 11.3 Å². The van der Waals surface area contributed by atoms with E-state index in [4.69, 9.17) is 14.6 Å². The van der Waals surface area contributed by atoms with E-state index >= 15 is 0 Å². The van der Waals surface area contributed by atoms with E-state index in [1.807, 2.05) is 32.2 Å². The van der Waals surface area contributed by atoms with Crippen molar-refractivity contribution in [3.8, 4) is 11.3 Å². The zero-order chi connectivity index (χ0) is 24.5. The molecule has 1 atom stereocenters. The summed E-state index contributed by atoms with van der Waals surface area (Å²) in [5.74, 6) is -0.290. The number of aryl methyl sites for hydroxylation is 1. The smallest absolute Gasteiger partial charge is 0.338 e. The second-order valence-corrected chi connectivity index (χ2v) is 9.98. The van der Waals surface area contributed by atoms with Gasteiger partial charge in [0, 0.05) is 62.7 Å². The molecule has 188 valence electrons. The molecule has 0 spiro atoms. The molecule has 3 aromatic rings. The Labute approximate surface area is 207 Å². The van der Waals surface area contributed by atoms with E-state index in [1.54, 1.807) is 0 Å². The average Bonchev–Trinajstić information content (AvgIpc) is 3.44. The van der Waals surface area contributed by atoms with Gasteiger partial charge in [0.2, 0.25) is 0 Å². The van der Waals surface area contributed by atoms with Crippen molar-refractivity contribution in [3.05, 3.63) is 47.4 Å². The van der Waals surface area contributed by atoms with Gasteiger partial charge in [-0.25, -0.2) is 4.79 Å². The Hall–Kier alpha value is -2.68. The van der Waals surface area contributed by atoms with Crippen LogP contribution in [0.25, 0.3) is 16.8 Å². The van der Waals surface area contributed by atoms with Gasteiger partial charge in [0.1, 0.15) is 0 Å². The molecular weight excluding hydrogens is 442 g/mol. The summed E-state index contributed by atoms with van der Waals surface area (Å²) < 4.78 is 15.5. The van der Waals surface area contributed by atoms with Crippen molar-refractivity contribution in [3.63, 3.8) is 0 Å². The second-order valence-electron chi connectivity index (χ2n) is 9.98. The zero-order valence-electron chi connectivity index (χ0n) is 21.3. The molecule has 1 N–H and O–H groups in total. The quantitative estimate of drug-likeness (QED) is 0.539. The number of carbonyl (C=O) groups is 1. The maximum atomic E-state index is 12.5. The lowest BCUT2D eigenvalue weighted by Crippen LogP contribution is -2.45. The molecule has 0 bridgehead atoms. The molecule has 35 heavy (non-hydrogen) atoms. The zero-order valence-corrected chi connectivity index (χ0v) is 21.3. The number of ether oxygens (including phenoxy) is 2. The Bertz CT molecular complexity index is 1190. The van der Waals surface area contributed by atoms with Gasteiger partial charge in [-0.15, -0.1) is 0 Å². The van der Waals surface area contributed by atoms with Crippen LogP contribution in [0.2, 0.25) is 0 Å². The predicted octanol–water partition coefficient (Wildman–Crippen LogP) is 3.99. The van der Waals surface area contributed by atoms with Crippen molar-refractivity contribution in [2.75, 3.05) is 39.4 Å². The molecule has 2 aliphatic rings. The molecule has 5 rings (SSSR count). The van der Waals surface area contributed by atoms with Crippen LogP contribution in [-0.2, 0) is 9.47 Å². The molecule has 0 radical (unpaired) electrons. The third-order valence-electron chi connectivity index (χ3n) is 7.25. The summed E-state index contributed by atoms with van der Waals surface area (Å²) in [4.78, 5) is 15.0. The van der Waals surface area contributed by atoms with Crippen molar-refractivity contribution in [1.82, 2.24) is 24.4 Å².